The largest absolute Gasteiger partial charge is 0.246 e. The zero-order valence-corrected chi connectivity index (χ0v) is 14.5. The standard InChI is InChI=1S/C18H19N3O2S/c1-13-5-7-15(8-6-13)16-10-14(2)21(12-16)24(22,23)18-4-3-9-20-17(18)11-19/h3-9,14,16H,10,12H2,1-2H3/t14-,16-/m0/s1. The lowest BCUT2D eigenvalue weighted by atomic mass is 9.96. The number of nitrogens with zero attached hydrogens (tertiary/aromatic N) is 3. The molecule has 1 aromatic heterocycles. The smallest absolute Gasteiger partial charge is 0.244 e. The van der Waals surface area contributed by atoms with Crippen molar-refractivity contribution in [1.82, 2.24) is 9.29 Å². The summed E-state index contributed by atoms with van der Waals surface area (Å²) in [5.41, 5.74) is 2.28. The molecule has 0 unspecified atom stereocenters. The molecule has 0 spiro atoms. The van der Waals surface area contributed by atoms with Crippen LogP contribution in [0.2, 0.25) is 0 Å². The Morgan fingerprint density at radius 3 is 2.62 bits per heavy atom. The van der Waals surface area contributed by atoms with Crippen LogP contribution < -0.4 is 0 Å². The van der Waals surface area contributed by atoms with E-state index in [1.165, 1.54) is 22.1 Å². The molecular formula is C18H19N3O2S. The Labute approximate surface area is 142 Å². The van der Waals surface area contributed by atoms with Crippen molar-refractivity contribution in [1.29, 1.82) is 5.26 Å². The van der Waals surface area contributed by atoms with Gasteiger partial charge in [-0.15, -0.1) is 0 Å². The molecule has 0 amide bonds. The van der Waals surface area contributed by atoms with Gasteiger partial charge < -0.3 is 0 Å². The Morgan fingerprint density at radius 2 is 1.96 bits per heavy atom. The fraction of sp³-hybridized carbons (Fsp3) is 0.333. The lowest BCUT2D eigenvalue weighted by Gasteiger charge is -2.21. The molecule has 1 saturated heterocycles. The van der Waals surface area contributed by atoms with Gasteiger partial charge in [0.15, 0.2) is 5.69 Å². The summed E-state index contributed by atoms with van der Waals surface area (Å²) in [5.74, 6) is 0.164. The van der Waals surface area contributed by atoms with Crippen LogP contribution in [0.15, 0.2) is 47.5 Å². The fourth-order valence-electron chi connectivity index (χ4n) is 3.23. The number of benzene rings is 1. The second-order valence-corrected chi connectivity index (χ2v) is 8.09. The van der Waals surface area contributed by atoms with Crippen molar-refractivity contribution in [2.24, 2.45) is 0 Å². The quantitative estimate of drug-likeness (QED) is 0.860. The maximum atomic E-state index is 13.0. The summed E-state index contributed by atoms with van der Waals surface area (Å²) in [5, 5.41) is 9.15. The zero-order valence-electron chi connectivity index (χ0n) is 13.7. The predicted octanol–water partition coefficient (Wildman–Crippen LogP) is 2.83. The molecule has 2 atom stereocenters. The summed E-state index contributed by atoms with van der Waals surface area (Å²) in [4.78, 5) is 3.87. The highest BCUT2D eigenvalue weighted by molar-refractivity contribution is 7.89. The molecule has 2 aromatic rings. The van der Waals surface area contributed by atoms with Crippen LogP contribution in [-0.2, 0) is 10.0 Å². The minimum absolute atomic E-state index is 0.0103. The van der Waals surface area contributed by atoms with Crippen molar-refractivity contribution < 1.29 is 8.42 Å². The average Bonchev–Trinajstić information content (AvgIpc) is 2.98. The van der Waals surface area contributed by atoms with Gasteiger partial charge in [-0.25, -0.2) is 13.4 Å². The number of hydrogen-bond donors (Lipinski definition) is 0. The molecule has 1 aliphatic rings. The number of hydrogen-bond acceptors (Lipinski definition) is 4. The Bertz CT molecular complexity index is 885. The normalized spacial score (nSPS) is 21.5. The summed E-state index contributed by atoms with van der Waals surface area (Å²) < 4.78 is 27.5. The molecule has 6 heteroatoms. The molecule has 0 saturated carbocycles. The topological polar surface area (TPSA) is 74.1 Å². The summed E-state index contributed by atoms with van der Waals surface area (Å²) >= 11 is 0. The van der Waals surface area contributed by atoms with Gasteiger partial charge in [-0.2, -0.15) is 9.57 Å². The van der Waals surface area contributed by atoms with Crippen molar-refractivity contribution in [3.63, 3.8) is 0 Å². The monoisotopic (exact) mass is 341 g/mol. The molecular weight excluding hydrogens is 322 g/mol. The van der Waals surface area contributed by atoms with Gasteiger partial charge >= 0.3 is 0 Å². The highest BCUT2D eigenvalue weighted by Gasteiger charge is 2.39. The fourth-order valence-corrected chi connectivity index (χ4v) is 5.01. The highest BCUT2D eigenvalue weighted by atomic mass is 32.2. The van der Waals surface area contributed by atoms with Crippen LogP contribution in [0.3, 0.4) is 0 Å². The molecule has 1 fully saturated rings. The minimum atomic E-state index is -3.73. The Balaban J connectivity index is 1.92. The number of nitriles is 1. The summed E-state index contributed by atoms with van der Waals surface area (Å²) in [6, 6.07) is 13.0. The van der Waals surface area contributed by atoms with Gasteiger partial charge in [0.1, 0.15) is 11.0 Å². The number of aromatic nitrogens is 1. The van der Waals surface area contributed by atoms with E-state index in [2.05, 4.69) is 17.1 Å². The first-order valence-electron chi connectivity index (χ1n) is 7.87. The highest BCUT2D eigenvalue weighted by Crippen LogP contribution is 2.35. The van der Waals surface area contributed by atoms with E-state index in [1.54, 1.807) is 6.07 Å². The second-order valence-electron chi connectivity index (χ2n) is 6.23. The molecule has 1 aliphatic heterocycles. The molecule has 0 radical (unpaired) electrons. The summed E-state index contributed by atoms with van der Waals surface area (Å²) in [7, 11) is -3.73. The van der Waals surface area contributed by atoms with E-state index in [9.17, 15) is 8.42 Å². The third-order valence-electron chi connectivity index (χ3n) is 4.53. The lowest BCUT2D eigenvalue weighted by molar-refractivity contribution is 0.407. The van der Waals surface area contributed by atoms with Gasteiger partial charge in [0.2, 0.25) is 10.0 Å². The Kier molecular flexibility index (Phi) is 4.39. The van der Waals surface area contributed by atoms with Gasteiger partial charge in [-0.05, 0) is 43.9 Å². The third-order valence-corrected chi connectivity index (χ3v) is 6.54. The van der Waals surface area contributed by atoms with Crippen LogP contribution >= 0.6 is 0 Å². The van der Waals surface area contributed by atoms with E-state index in [-0.39, 0.29) is 22.5 Å². The van der Waals surface area contributed by atoms with E-state index in [1.807, 2.05) is 32.0 Å². The zero-order chi connectivity index (χ0) is 17.3. The minimum Gasteiger partial charge on any atom is -0.244 e. The molecule has 5 nitrogen and oxygen atoms in total. The van der Waals surface area contributed by atoms with Gasteiger partial charge in [0.05, 0.1) is 0 Å². The first kappa shape index (κ1) is 16.6. The van der Waals surface area contributed by atoms with Crippen molar-refractivity contribution in [2.75, 3.05) is 6.54 Å². The molecule has 124 valence electrons. The van der Waals surface area contributed by atoms with Crippen LogP contribution in [0.4, 0.5) is 0 Å². The van der Waals surface area contributed by atoms with Gasteiger partial charge in [0, 0.05) is 18.8 Å². The SMILES string of the molecule is Cc1ccc([C@H]2C[C@H](C)N(S(=O)(=O)c3cccnc3C#N)C2)cc1. The maximum Gasteiger partial charge on any atom is 0.246 e. The van der Waals surface area contributed by atoms with Crippen LogP contribution in [-0.4, -0.2) is 30.3 Å². The van der Waals surface area contributed by atoms with Crippen LogP contribution in [0.5, 0.6) is 0 Å². The second kappa shape index (κ2) is 6.34. The molecule has 1 aromatic carbocycles. The third kappa shape index (κ3) is 2.93. The van der Waals surface area contributed by atoms with E-state index in [0.717, 1.165) is 12.0 Å². The van der Waals surface area contributed by atoms with E-state index in [0.29, 0.717) is 6.54 Å². The van der Waals surface area contributed by atoms with E-state index in [4.69, 9.17) is 5.26 Å². The maximum absolute atomic E-state index is 13.0. The van der Waals surface area contributed by atoms with Gasteiger partial charge in [0.25, 0.3) is 0 Å². The molecule has 0 bridgehead atoms. The number of aryl methyl sites for hydroxylation is 1. The number of sulfonamides is 1. The van der Waals surface area contributed by atoms with Crippen molar-refractivity contribution in [3.8, 4) is 6.07 Å². The lowest BCUT2D eigenvalue weighted by Crippen LogP contribution is -2.34. The van der Waals surface area contributed by atoms with E-state index < -0.39 is 10.0 Å². The van der Waals surface area contributed by atoms with Gasteiger partial charge in [-0.3, -0.25) is 0 Å². The molecule has 0 aliphatic carbocycles. The molecule has 3 rings (SSSR count). The van der Waals surface area contributed by atoms with E-state index >= 15 is 0 Å². The van der Waals surface area contributed by atoms with Crippen molar-refractivity contribution in [2.45, 2.75) is 37.1 Å². The Hall–Kier alpha value is -2.23. The number of pyridine rings is 1. The Morgan fingerprint density at radius 1 is 1.25 bits per heavy atom. The predicted molar refractivity (Wildman–Crippen MR) is 90.8 cm³/mol. The first-order valence-corrected chi connectivity index (χ1v) is 9.31. The van der Waals surface area contributed by atoms with Crippen molar-refractivity contribution in [3.05, 3.63) is 59.4 Å². The number of rotatable bonds is 3. The first-order chi connectivity index (χ1) is 11.4. The average molecular weight is 341 g/mol. The molecule has 2 heterocycles. The van der Waals surface area contributed by atoms with Gasteiger partial charge in [-0.1, -0.05) is 29.8 Å². The summed E-state index contributed by atoms with van der Waals surface area (Å²) in [6.07, 6.45) is 2.20. The van der Waals surface area contributed by atoms with Crippen molar-refractivity contribution >= 4 is 10.0 Å². The summed E-state index contributed by atoms with van der Waals surface area (Å²) in [6.45, 7) is 4.37. The molecule has 24 heavy (non-hydrogen) atoms. The van der Waals surface area contributed by atoms with Crippen LogP contribution in [0.25, 0.3) is 0 Å². The van der Waals surface area contributed by atoms with Crippen LogP contribution in [0, 0.1) is 18.3 Å². The molecule has 0 N–H and O–H groups in total. The van der Waals surface area contributed by atoms with Crippen LogP contribution in [0.1, 0.15) is 36.1 Å².